The van der Waals surface area contributed by atoms with E-state index in [1.807, 2.05) is 25.1 Å². The van der Waals surface area contributed by atoms with Gasteiger partial charge in [0.2, 0.25) is 0 Å². The third-order valence-corrected chi connectivity index (χ3v) is 4.39. The van der Waals surface area contributed by atoms with E-state index >= 15 is 0 Å². The lowest BCUT2D eigenvalue weighted by Gasteiger charge is -2.34. The smallest absolute Gasteiger partial charge is 0.302 e. The van der Waals surface area contributed by atoms with Crippen LogP contribution in [0.2, 0.25) is 0 Å². The molecule has 0 bridgehead atoms. The Balaban J connectivity index is 1.79. The van der Waals surface area contributed by atoms with Crippen LogP contribution in [0.15, 0.2) is 30.5 Å². The molecule has 24 heavy (non-hydrogen) atoms. The predicted octanol–water partition coefficient (Wildman–Crippen LogP) is 2.65. The van der Waals surface area contributed by atoms with Gasteiger partial charge in [-0.25, -0.2) is 4.98 Å². The van der Waals surface area contributed by atoms with E-state index in [1.165, 1.54) is 0 Å². The molecular weight excluding hydrogens is 304 g/mol. The Hall–Kier alpha value is -2.34. The van der Waals surface area contributed by atoms with E-state index in [4.69, 9.17) is 4.74 Å². The van der Waals surface area contributed by atoms with Crippen molar-refractivity contribution in [1.29, 1.82) is 0 Å². The summed E-state index contributed by atoms with van der Waals surface area (Å²) in [6.45, 7) is 8.31. The first-order chi connectivity index (χ1) is 11.6. The van der Waals surface area contributed by atoms with Crippen molar-refractivity contribution in [3.05, 3.63) is 36.2 Å². The zero-order valence-corrected chi connectivity index (χ0v) is 14.5. The molecule has 0 spiro atoms. The van der Waals surface area contributed by atoms with Gasteiger partial charge in [0.25, 0.3) is 0 Å². The number of hydrogen-bond acceptors (Lipinski definition) is 5. The Labute approximate surface area is 142 Å². The first kappa shape index (κ1) is 16.5. The molecular formula is C18H24N4O2. The summed E-state index contributed by atoms with van der Waals surface area (Å²) < 4.78 is 7.74. The molecule has 6 heteroatoms. The molecule has 0 radical (unpaired) electrons. The minimum Gasteiger partial charge on any atom is -0.425 e. The highest BCUT2D eigenvalue weighted by atomic mass is 16.5. The Kier molecular flexibility index (Phi) is 4.85. The summed E-state index contributed by atoms with van der Waals surface area (Å²) in [7, 11) is 2.15. The van der Waals surface area contributed by atoms with Crippen LogP contribution in [-0.4, -0.2) is 53.5 Å². The fourth-order valence-electron chi connectivity index (χ4n) is 2.94. The van der Waals surface area contributed by atoms with Gasteiger partial charge in [-0.3, -0.25) is 9.36 Å². The van der Waals surface area contributed by atoms with E-state index in [1.54, 1.807) is 17.7 Å². The Morgan fingerprint density at radius 3 is 2.67 bits per heavy atom. The third-order valence-electron chi connectivity index (χ3n) is 4.39. The second-order valence-corrected chi connectivity index (χ2v) is 6.12. The quantitative estimate of drug-likeness (QED) is 0.790. The molecule has 1 aliphatic heterocycles. The molecule has 0 saturated carbocycles. The molecule has 0 unspecified atom stereocenters. The number of likely N-dealkylation sites (N-methyl/N-ethyl adjacent to an activating group) is 1. The van der Waals surface area contributed by atoms with Crippen molar-refractivity contribution in [2.75, 3.05) is 38.1 Å². The molecule has 1 fully saturated rings. The largest absolute Gasteiger partial charge is 0.425 e. The Bertz CT molecular complexity index is 718. The molecule has 0 amide bonds. The van der Waals surface area contributed by atoms with E-state index in [2.05, 4.69) is 27.9 Å². The Morgan fingerprint density at radius 2 is 2.00 bits per heavy atom. The van der Waals surface area contributed by atoms with Crippen LogP contribution in [0.3, 0.4) is 0 Å². The number of carbonyl (C=O) groups excluding carboxylic acids is 1. The molecule has 2 aromatic rings. The number of imidazole rings is 1. The summed E-state index contributed by atoms with van der Waals surface area (Å²) in [6, 6.07) is 8.51. The van der Waals surface area contributed by atoms with Crippen LogP contribution in [0.4, 0.5) is 5.69 Å². The second-order valence-electron chi connectivity index (χ2n) is 6.12. The van der Waals surface area contributed by atoms with E-state index < -0.39 is 0 Å². The summed E-state index contributed by atoms with van der Waals surface area (Å²) in [5, 5.41) is 0. The van der Waals surface area contributed by atoms with Crippen LogP contribution in [0.5, 0.6) is 11.8 Å². The van der Waals surface area contributed by atoms with Gasteiger partial charge in [0.15, 0.2) is 5.78 Å². The maximum absolute atomic E-state index is 11.7. The highest BCUT2D eigenvalue weighted by molar-refractivity contribution is 5.92. The van der Waals surface area contributed by atoms with Crippen LogP contribution in [-0.2, 0) is 6.54 Å². The van der Waals surface area contributed by atoms with E-state index in [0.29, 0.717) is 18.2 Å². The van der Waals surface area contributed by atoms with Crippen molar-refractivity contribution in [3.63, 3.8) is 0 Å². The van der Waals surface area contributed by atoms with Gasteiger partial charge in [0, 0.05) is 51.4 Å². The van der Waals surface area contributed by atoms with Crippen LogP contribution in [0.1, 0.15) is 24.3 Å². The molecule has 1 aliphatic rings. The van der Waals surface area contributed by atoms with E-state index in [0.717, 1.165) is 37.6 Å². The first-order valence-electron chi connectivity index (χ1n) is 8.36. The molecule has 0 aliphatic carbocycles. The maximum Gasteiger partial charge on any atom is 0.302 e. The van der Waals surface area contributed by atoms with Gasteiger partial charge in [-0.2, -0.15) is 0 Å². The number of piperazine rings is 1. The van der Waals surface area contributed by atoms with Gasteiger partial charge in [-0.15, -0.1) is 0 Å². The van der Waals surface area contributed by atoms with Gasteiger partial charge >= 0.3 is 6.01 Å². The van der Waals surface area contributed by atoms with Gasteiger partial charge < -0.3 is 14.5 Å². The molecule has 3 rings (SSSR count). The van der Waals surface area contributed by atoms with Crippen molar-refractivity contribution >= 4 is 11.5 Å². The average molecular weight is 328 g/mol. The predicted molar refractivity (Wildman–Crippen MR) is 94.1 cm³/mol. The number of nitrogens with zero attached hydrogens (tertiary/aromatic N) is 4. The van der Waals surface area contributed by atoms with Crippen molar-refractivity contribution in [1.82, 2.24) is 14.5 Å². The summed E-state index contributed by atoms with van der Waals surface area (Å²) in [5.74, 6) is 0.729. The summed E-state index contributed by atoms with van der Waals surface area (Å²) in [6.07, 6.45) is 1.57. The number of rotatable bonds is 5. The number of aromatic nitrogens is 2. The lowest BCUT2D eigenvalue weighted by atomic mass is 10.2. The minimum absolute atomic E-state index is 0.00890. The number of ether oxygens (including phenoxy) is 1. The number of anilines is 1. The fourth-order valence-corrected chi connectivity index (χ4v) is 2.94. The van der Waals surface area contributed by atoms with Gasteiger partial charge in [0.05, 0.1) is 6.20 Å². The molecule has 1 saturated heterocycles. The summed E-state index contributed by atoms with van der Waals surface area (Å²) in [4.78, 5) is 20.6. The molecule has 1 aromatic carbocycles. The first-order valence-corrected chi connectivity index (χ1v) is 8.36. The van der Waals surface area contributed by atoms with Gasteiger partial charge in [-0.1, -0.05) is 6.07 Å². The maximum atomic E-state index is 11.7. The topological polar surface area (TPSA) is 50.6 Å². The van der Waals surface area contributed by atoms with Crippen molar-refractivity contribution in [2.24, 2.45) is 0 Å². The SMILES string of the molecule is CCn1c(C(C)=O)cnc1Oc1cccc(N2CCN(C)CC2)c1. The fraction of sp³-hybridized carbons (Fsp3) is 0.444. The lowest BCUT2D eigenvalue weighted by molar-refractivity contribution is 0.100. The molecule has 128 valence electrons. The number of carbonyl (C=O) groups is 1. The van der Waals surface area contributed by atoms with Crippen LogP contribution < -0.4 is 9.64 Å². The highest BCUT2D eigenvalue weighted by Gasteiger charge is 2.16. The minimum atomic E-state index is -0.00890. The average Bonchev–Trinajstić information content (AvgIpc) is 2.98. The van der Waals surface area contributed by atoms with E-state index in [-0.39, 0.29) is 5.78 Å². The van der Waals surface area contributed by atoms with E-state index in [9.17, 15) is 4.79 Å². The molecule has 0 atom stereocenters. The molecule has 6 nitrogen and oxygen atoms in total. The van der Waals surface area contributed by atoms with Crippen LogP contribution >= 0.6 is 0 Å². The van der Waals surface area contributed by atoms with Crippen molar-refractivity contribution in [2.45, 2.75) is 20.4 Å². The third kappa shape index (κ3) is 3.43. The monoisotopic (exact) mass is 328 g/mol. The summed E-state index contributed by atoms with van der Waals surface area (Å²) >= 11 is 0. The standard InChI is InChI=1S/C18H24N4O2/c1-4-22-17(14(2)23)13-19-18(22)24-16-7-5-6-15(12-16)21-10-8-20(3)9-11-21/h5-7,12-13H,4,8-11H2,1-3H3. The second kappa shape index (κ2) is 7.05. The van der Waals surface area contributed by atoms with Gasteiger partial charge in [0.1, 0.15) is 11.4 Å². The number of ketones is 1. The lowest BCUT2D eigenvalue weighted by Crippen LogP contribution is -2.44. The molecule has 2 heterocycles. The number of hydrogen-bond donors (Lipinski definition) is 0. The number of benzene rings is 1. The van der Waals surface area contributed by atoms with Gasteiger partial charge in [-0.05, 0) is 26.1 Å². The van der Waals surface area contributed by atoms with Crippen molar-refractivity contribution < 1.29 is 9.53 Å². The normalized spacial score (nSPS) is 15.5. The van der Waals surface area contributed by atoms with Crippen LogP contribution in [0, 0.1) is 0 Å². The molecule has 0 N–H and O–H groups in total. The Morgan fingerprint density at radius 1 is 1.25 bits per heavy atom. The zero-order valence-electron chi connectivity index (χ0n) is 14.5. The number of Topliss-reactive ketones (excluding diaryl/α,β-unsaturated/α-hetero) is 1. The zero-order chi connectivity index (χ0) is 17.1. The highest BCUT2D eigenvalue weighted by Crippen LogP contribution is 2.26. The molecule has 1 aromatic heterocycles. The van der Waals surface area contributed by atoms with Crippen molar-refractivity contribution in [3.8, 4) is 11.8 Å². The van der Waals surface area contributed by atoms with Crippen LogP contribution in [0.25, 0.3) is 0 Å². The summed E-state index contributed by atoms with van der Waals surface area (Å²) in [5.41, 5.74) is 1.73.